The first-order valence-corrected chi connectivity index (χ1v) is 43.3. The van der Waals surface area contributed by atoms with E-state index >= 15 is 0 Å². The molecule has 0 bridgehead atoms. The van der Waals surface area contributed by atoms with Gasteiger partial charge >= 0.3 is 0 Å². The zero-order chi connectivity index (χ0) is 67.6. The van der Waals surface area contributed by atoms with Crippen LogP contribution in [0.2, 0.25) is 0 Å². The number of aliphatic hydroxyl groups is 1. The Kier molecular flexibility index (Phi) is 73.9. The summed E-state index contributed by atoms with van der Waals surface area (Å²) < 4.78 is 23.6. The quantitative estimate of drug-likeness (QED) is 0.0272. The van der Waals surface area contributed by atoms with Crippen molar-refractivity contribution in [2.75, 3.05) is 40.9 Å². The van der Waals surface area contributed by atoms with Crippen molar-refractivity contribution in [3.8, 4) is 0 Å². The van der Waals surface area contributed by atoms with Crippen LogP contribution in [0.5, 0.6) is 0 Å². The molecule has 93 heavy (non-hydrogen) atoms. The van der Waals surface area contributed by atoms with Gasteiger partial charge in [-0.05, 0) is 51.4 Å². The van der Waals surface area contributed by atoms with E-state index in [4.69, 9.17) is 9.05 Å². The number of quaternary nitrogens is 1. The van der Waals surface area contributed by atoms with E-state index < -0.39 is 20.0 Å². The molecule has 0 aliphatic heterocycles. The summed E-state index contributed by atoms with van der Waals surface area (Å²) >= 11 is 0. The highest BCUT2D eigenvalue weighted by atomic mass is 31.2. The van der Waals surface area contributed by atoms with Crippen molar-refractivity contribution in [3.05, 3.63) is 36.5 Å². The average Bonchev–Trinajstić information content (AvgIpc) is 1.94. The Morgan fingerprint density at radius 3 is 0.903 bits per heavy atom. The summed E-state index contributed by atoms with van der Waals surface area (Å²) in [6.07, 6.45) is 101. The van der Waals surface area contributed by atoms with Gasteiger partial charge in [-0.3, -0.25) is 9.36 Å². The fraction of sp³-hybridized carbons (Fsp3) is 0.917. The number of unbranched alkanes of at least 4 members (excludes halogenated alkanes) is 60. The van der Waals surface area contributed by atoms with E-state index in [9.17, 15) is 19.4 Å². The predicted molar refractivity (Wildman–Crippen MR) is 408 cm³/mol. The molecular formula is C84H165N2O6P. The van der Waals surface area contributed by atoms with E-state index in [1.807, 2.05) is 21.1 Å². The van der Waals surface area contributed by atoms with Gasteiger partial charge in [0.15, 0.2) is 0 Å². The number of rotatable bonds is 79. The molecule has 0 fully saturated rings. The molecule has 9 heteroatoms. The van der Waals surface area contributed by atoms with Gasteiger partial charge in [0.1, 0.15) is 13.2 Å². The Labute approximate surface area is 582 Å². The van der Waals surface area contributed by atoms with Crippen LogP contribution in [0.4, 0.5) is 0 Å². The normalized spacial score (nSPS) is 13.6. The fourth-order valence-corrected chi connectivity index (χ4v) is 13.9. The van der Waals surface area contributed by atoms with Crippen LogP contribution in [0.1, 0.15) is 444 Å². The number of nitrogens with zero attached hydrogens (tertiary/aromatic N) is 1. The molecule has 0 heterocycles. The second kappa shape index (κ2) is 74.9. The molecule has 1 amide bonds. The third-order valence-corrected chi connectivity index (χ3v) is 20.6. The second-order valence-electron chi connectivity index (χ2n) is 30.2. The minimum atomic E-state index is -4.58. The molecule has 8 nitrogen and oxygen atoms in total. The summed E-state index contributed by atoms with van der Waals surface area (Å²) in [5.74, 6) is -0.154. The summed E-state index contributed by atoms with van der Waals surface area (Å²) in [5.41, 5.74) is 0. The van der Waals surface area contributed by atoms with Gasteiger partial charge in [-0.15, -0.1) is 0 Å². The molecule has 0 aromatic carbocycles. The Morgan fingerprint density at radius 2 is 0.624 bits per heavy atom. The number of carbonyl (C=O) groups is 1. The van der Waals surface area contributed by atoms with Crippen LogP contribution in [0.3, 0.4) is 0 Å². The summed E-state index contributed by atoms with van der Waals surface area (Å²) in [4.78, 5) is 25.8. The fourth-order valence-electron chi connectivity index (χ4n) is 13.2. The van der Waals surface area contributed by atoms with Gasteiger partial charge in [0.25, 0.3) is 7.82 Å². The first-order valence-electron chi connectivity index (χ1n) is 41.8. The topological polar surface area (TPSA) is 108 Å². The number of phosphoric acid groups is 1. The van der Waals surface area contributed by atoms with Gasteiger partial charge in [0, 0.05) is 6.42 Å². The number of allylic oxidation sites excluding steroid dienone is 6. The predicted octanol–water partition coefficient (Wildman–Crippen LogP) is 26.9. The Balaban J connectivity index is 3.88. The SMILES string of the molecule is CCCCCCC/C=C\C/C=C\C/C=C\CCCCCCCCCCCCCCCCCCCCCCCCCCC(=O)NC(COP(=O)([O-])OCC[N+](C)(C)C)C(O)CCCCCCCCCCCCCCCCCCCCCCCCCCCCCCCCCC. The molecule has 0 saturated carbocycles. The van der Waals surface area contributed by atoms with Crippen LogP contribution in [0, 0.1) is 0 Å². The highest BCUT2D eigenvalue weighted by Crippen LogP contribution is 2.38. The van der Waals surface area contributed by atoms with Crippen molar-refractivity contribution >= 4 is 13.7 Å². The molecule has 0 aliphatic rings. The van der Waals surface area contributed by atoms with Crippen molar-refractivity contribution in [1.29, 1.82) is 0 Å². The Hall–Kier alpha value is -1.28. The number of likely N-dealkylation sites (N-methyl/N-ethyl adjacent to an activating group) is 1. The molecule has 0 aromatic heterocycles. The van der Waals surface area contributed by atoms with Crippen LogP contribution in [-0.4, -0.2) is 68.5 Å². The van der Waals surface area contributed by atoms with Crippen molar-refractivity contribution in [3.63, 3.8) is 0 Å². The number of nitrogens with one attached hydrogen (secondary N) is 1. The van der Waals surface area contributed by atoms with Gasteiger partial charge in [0.2, 0.25) is 5.91 Å². The third kappa shape index (κ3) is 77.9. The smallest absolute Gasteiger partial charge is 0.268 e. The molecule has 0 saturated heterocycles. The van der Waals surface area contributed by atoms with Crippen LogP contribution >= 0.6 is 7.82 Å². The maximum absolute atomic E-state index is 13.1. The Bertz CT molecular complexity index is 1610. The largest absolute Gasteiger partial charge is 0.756 e. The minimum absolute atomic E-state index is 0.0152. The molecule has 3 atom stereocenters. The van der Waals surface area contributed by atoms with E-state index in [-0.39, 0.29) is 19.1 Å². The van der Waals surface area contributed by atoms with E-state index in [2.05, 4.69) is 55.6 Å². The van der Waals surface area contributed by atoms with E-state index in [1.54, 1.807) is 0 Å². The van der Waals surface area contributed by atoms with Gasteiger partial charge in [0.05, 0.1) is 39.9 Å². The van der Waals surface area contributed by atoms with Crippen LogP contribution in [-0.2, 0) is 18.4 Å². The zero-order valence-electron chi connectivity index (χ0n) is 63.5. The monoisotopic (exact) mass is 1330 g/mol. The maximum atomic E-state index is 13.1. The van der Waals surface area contributed by atoms with E-state index in [0.29, 0.717) is 23.9 Å². The molecule has 2 N–H and O–H groups in total. The molecule has 552 valence electrons. The molecule has 0 aliphatic carbocycles. The molecule has 0 radical (unpaired) electrons. The lowest BCUT2D eigenvalue weighted by molar-refractivity contribution is -0.870. The molecule has 3 unspecified atom stereocenters. The lowest BCUT2D eigenvalue weighted by atomic mass is 10.0. The van der Waals surface area contributed by atoms with Crippen molar-refractivity contribution in [1.82, 2.24) is 5.32 Å². The van der Waals surface area contributed by atoms with E-state index in [1.165, 1.54) is 366 Å². The summed E-state index contributed by atoms with van der Waals surface area (Å²) in [5, 5.41) is 14.2. The molecule has 0 rings (SSSR count). The highest BCUT2D eigenvalue weighted by Gasteiger charge is 2.24. The molecular weight excluding hydrogens is 1160 g/mol. The lowest BCUT2D eigenvalue weighted by Crippen LogP contribution is -2.46. The molecule has 0 spiro atoms. The minimum Gasteiger partial charge on any atom is -0.756 e. The third-order valence-electron chi connectivity index (χ3n) is 19.6. The maximum Gasteiger partial charge on any atom is 0.268 e. The van der Waals surface area contributed by atoms with Gasteiger partial charge in [-0.2, -0.15) is 0 Å². The Morgan fingerprint density at radius 1 is 0.376 bits per heavy atom. The van der Waals surface area contributed by atoms with Gasteiger partial charge in [-0.1, -0.05) is 423 Å². The number of hydrogen-bond donors (Lipinski definition) is 2. The lowest BCUT2D eigenvalue weighted by Gasteiger charge is -2.30. The summed E-state index contributed by atoms with van der Waals surface area (Å²) in [6.45, 7) is 4.78. The standard InChI is InChI=1S/C84H165N2O6P/c1-6-8-10-12-14-16-18-20-22-24-26-28-30-32-34-36-38-40-41-42-43-44-45-46-48-50-52-54-56-58-60-62-64-66-68-70-72-74-76-78-84(88)85-82(81-92-93(89,90)91-80-79-86(3,4)5)83(87)77-75-73-71-69-67-65-63-61-59-57-55-53-51-49-47-39-37-35-33-31-29-27-25-23-21-19-17-15-13-11-9-7-2/h18,20,24,26,30,32,82-83,87H,6-17,19,21-23,25,27-29,31,33-81H2,1-5H3,(H-,85,88,89,90)/b20-18-,26-24-,32-30-. The van der Waals surface area contributed by atoms with Crippen LogP contribution in [0.25, 0.3) is 0 Å². The molecule has 0 aromatic rings. The summed E-state index contributed by atoms with van der Waals surface area (Å²) in [6, 6.07) is -0.801. The number of aliphatic hydroxyl groups excluding tert-OH is 1. The number of amides is 1. The van der Waals surface area contributed by atoms with Crippen LogP contribution in [0.15, 0.2) is 36.5 Å². The summed E-state index contributed by atoms with van der Waals surface area (Å²) in [7, 11) is 1.33. The first-order chi connectivity index (χ1) is 45.5. The van der Waals surface area contributed by atoms with Gasteiger partial charge < -0.3 is 28.8 Å². The van der Waals surface area contributed by atoms with Crippen molar-refractivity contribution in [2.45, 2.75) is 456 Å². The second-order valence-corrected chi connectivity index (χ2v) is 31.6. The van der Waals surface area contributed by atoms with Crippen molar-refractivity contribution in [2.24, 2.45) is 0 Å². The van der Waals surface area contributed by atoms with Crippen molar-refractivity contribution < 1.29 is 32.9 Å². The zero-order valence-corrected chi connectivity index (χ0v) is 64.4. The number of hydrogen-bond acceptors (Lipinski definition) is 6. The highest BCUT2D eigenvalue weighted by molar-refractivity contribution is 7.45. The van der Waals surface area contributed by atoms with E-state index in [0.717, 1.165) is 51.4 Å². The van der Waals surface area contributed by atoms with Crippen LogP contribution < -0.4 is 10.2 Å². The number of phosphoric ester groups is 1. The number of carbonyl (C=O) groups excluding carboxylic acids is 1. The van der Waals surface area contributed by atoms with Gasteiger partial charge in [-0.25, -0.2) is 0 Å². The first kappa shape index (κ1) is 91.7. The average molecular weight is 1330 g/mol.